The Kier molecular flexibility index (Phi) is 5.75. The molecule has 0 aliphatic rings. The molecular weight excluding hydrogens is 242 g/mol. The van der Waals surface area contributed by atoms with E-state index in [9.17, 15) is 0 Å². The van der Waals surface area contributed by atoms with Crippen LogP contribution in [-0.2, 0) is 4.74 Å². The molecule has 1 aromatic carbocycles. The van der Waals surface area contributed by atoms with Gasteiger partial charge in [-0.25, -0.2) is 0 Å². The van der Waals surface area contributed by atoms with Crippen LogP contribution in [0.1, 0.15) is 17.2 Å². The van der Waals surface area contributed by atoms with Crippen LogP contribution in [0.25, 0.3) is 0 Å². The summed E-state index contributed by atoms with van der Waals surface area (Å²) in [7, 11) is 3.08. The third-order valence-corrected chi connectivity index (χ3v) is 2.61. The first-order valence-corrected chi connectivity index (χ1v) is 5.69. The Bertz CT molecular complexity index is 511. The maximum Gasteiger partial charge on any atom is 0.176 e. The summed E-state index contributed by atoms with van der Waals surface area (Å²) in [6.07, 6.45) is 10.3. The molecule has 0 radical (unpaired) electrons. The molecule has 1 rings (SSSR count). The normalized spacial score (nSPS) is 11.2. The van der Waals surface area contributed by atoms with Gasteiger partial charge >= 0.3 is 0 Å². The van der Waals surface area contributed by atoms with Crippen LogP contribution < -0.4 is 15.2 Å². The van der Waals surface area contributed by atoms with Crippen LogP contribution in [0.2, 0.25) is 0 Å². The molecular formula is C15H17NO3. The van der Waals surface area contributed by atoms with Gasteiger partial charge < -0.3 is 19.9 Å². The van der Waals surface area contributed by atoms with Gasteiger partial charge in [0.1, 0.15) is 6.61 Å². The van der Waals surface area contributed by atoms with Gasteiger partial charge in [0.05, 0.1) is 25.9 Å². The summed E-state index contributed by atoms with van der Waals surface area (Å²) < 4.78 is 16.0. The lowest BCUT2D eigenvalue weighted by molar-refractivity contribution is 0.0843. The Labute approximate surface area is 113 Å². The van der Waals surface area contributed by atoms with Gasteiger partial charge in [0.2, 0.25) is 0 Å². The first-order chi connectivity index (χ1) is 9.21. The van der Waals surface area contributed by atoms with E-state index in [4.69, 9.17) is 32.8 Å². The molecule has 0 amide bonds. The standard InChI is InChI=1S/C15H17NO3/c1-5-7-19-14(10-16)12-8-11(6-2)15(18-4)13(9-12)17-3/h1-2,8-9,14H,7,10,16H2,3-4H3. The van der Waals surface area contributed by atoms with Gasteiger partial charge in [-0.2, -0.15) is 0 Å². The van der Waals surface area contributed by atoms with Crippen molar-refractivity contribution in [1.29, 1.82) is 0 Å². The van der Waals surface area contributed by atoms with Crippen LogP contribution in [0.4, 0.5) is 0 Å². The average molecular weight is 259 g/mol. The minimum atomic E-state index is -0.331. The molecule has 0 aliphatic carbocycles. The van der Waals surface area contributed by atoms with E-state index in [1.807, 2.05) is 0 Å². The fraction of sp³-hybridized carbons (Fsp3) is 0.333. The molecule has 0 saturated carbocycles. The molecule has 0 aliphatic heterocycles. The zero-order valence-corrected chi connectivity index (χ0v) is 11.1. The van der Waals surface area contributed by atoms with Gasteiger partial charge in [0, 0.05) is 6.54 Å². The maximum absolute atomic E-state index is 5.68. The summed E-state index contributed by atoms with van der Waals surface area (Å²) in [6, 6.07) is 3.57. The molecule has 4 heteroatoms. The van der Waals surface area contributed by atoms with Crippen LogP contribution >= 0.6 is 0 Å². The number of ether oxygens (including phenoxy) is 3. The first-order valence-electron chi connectivity index (χ1n) is 5.69. The monoisotopic (exact) mass is 259 g/mol. The molecule has 1 aromatic rings. The molecule has 0 heterocycles. The van der Waals surface area contributed by atoms with Crippen LogP contribution in [0.3, 0.4) is 0 Å². The predicted octanol–water partition coefficient (Wildman–Crippen LogP) is 1.33. The second kappa shape index (κ2) is 7.33. The number of nitrogens with two attached hydrogens (primary N) is 1. The zero-order valence-electron chi connectivity index (χ0n) is 11.1. The molecule has 0 fully saturated rings. The Hall–Kier alpha value is -2.14. The lowest BCUT2D eigenvalue weighted by atomic mass is 10.0. The first kappa shape index (κ1) is 14.9. The maximum atomic E-state index is 5.68. The topological polar surface area (TPSA) is 53.7 Å². The number of benzene rings is 1. The van der Waals surface area contributed by atoms with Crippen molar-refractivity contribution in [3.8, 4) is 36.2 Å². The molecule has 1 atom stereocenters. The van der Waals surface area contributed by atoms with E-state index in [0.29, 0.717) is 23.6 Å². The quantitative estimate of drug-likeness (QED) is 0.783. The van der Waals surface area contributed by atoms with Crippen molar-refractivity contribution in [3.63, 3.8) is 0 Å². The van der Waals surface area contributed by atoms with Gasteiger partial charge in [-0.05, 0) is 17.7 Å². The second-order valence-electron chi connectivity index (χ2n) is 3.69. The SMILES string of the molecule is C#CCOC(CN)c1cc(C#C)c(OC)c(OC)c1. The summed E-state index contributed by atoms with van der Waals surface area (Å²) in [6.45, 7) is 0.475. The second-order valence-corrected chi connectivity index (χ2v) is 3.69. The highest BCUT2D eigenvalue weighted by Gasteiger charge is 2.16. The largest absolute Gasteiger partial charge is 0.493 e. The Morgan fingerprint density at radius 3 is 2.47 bits per heavy atom. The molecule has 4 nitrogen and oxygen atoms in total. The van der Waals surface area contributed by atoms with E-state index in [0.717, 1.165) is 5.56 Å². The summed E-state index contributed by atoms with van der Waals surface area (Å²) in [5, 5.41) is 0. The number of methoxy groups -OCH3 is 2. The van der Waals surface area contributed by atoms with Crippen LogP contribution in [-0.4, -0.2) is 27.4 Å². The van der Waals surface area contributed by atoms with Crippen molar-refractivity contribution in [1.82, 2.24) is 0 Å². The lowest BCUT2D eigenvalue weighted by Crippen LogP contribution is -2.16. The molecule has 19 heavy (non-hydrogen) atoms. The molecule has 2 N–H and O–H groups in total. The number of hydrogen-bond donors (Lipinski definition) is 1. The van der Waals surface area contributed by atoms with E-state index in [1.165, 1.54) is 7.11 Å². The van der Waals surface area contributed by atoms with E-state index in [-0.39, 0.29) is 12.7 Å². The molecule has 0 spiro atoms. The molecule has 1 unspecified atom stereocenters. The number of terminal acetylenes is 2. The van der Waals surface area contributed by atoms with Gasteiger partial charge in [0.15, 0.2) is 11.5 Å². The van der Waals surface area contributed by atoms with Crippen molar-refractivity contribution in [2.75, 3.05) is 27.4 Å². The van der Waals surface area contributed by atoms with Crippen LogP contribution in [0.5, 0.6) is 11.5 Å². The lowest BCUT2D eigenvalue weighted by Gasteiger charge is -2.18. The summed E-state index contributed by atoms with van der Waals surface area (Å²) in [5.74, 6) is 6.02. The molecule has 0 saturated heterocycles. The van der Waals surface area contributed by atoms with Gasteiger partial charge in [0.25, 0.3) is 0 Å². The molecule has 0 bridgehead atoms. The van der Waals surface area contributed by atoms with E-state index >= 15 is 0 Å². The number of rotatable bonds is 6. The zero-order chi connectivity index (χ0) is 14.3. The van der Waals surface area contributed by atoms with Crippen molar-refractivity contribution < 1.29 is 14.2 Å². The van der Waals surface area contributed by atoms with Gasteiger partial charge in [-0.3, -0.25) is 0 Å². The summed E-state index contributed by atoms with van der Waals surface area (Å²) in [4.78, 5) is 0. The third-order valence-electron chi connectivity index (χ3n) is 2.61. The third kappa shape index (κ3) is 3.42. The Balaban J connectivity index is 3.22. The highest BCUT2D eigenvalue weighted by molar-refractivity contribution is 5.56. The molecule has 0 aromatic heterocycles. The van der Waals surface area contributed by atoms with E-state index in [2.05, 4.69) is 11.8 Å². The predicted molar refractivity (Wildman–Crippen MR) is 74.1 cm³/mol. The van der Waals surface area contributed by atoms with E-state index < -0.39 is 0 Å². The van der Waals surface area contributed by atoms with Crippen LogP contribution in [0.15, 0.2) is 12.1 Å². The average Bonchev–Trinajstić information content (AvgIpc) is 2.46. The highest BCUT2D eigenvalue weighted by Crippen LogP contribution is 2.34. The van der Waals surface area contributed by atoms with Crippen molar-refractivity contribution in [3.05, 3.63) is 23.3 Å². The minimum Gasteiger partial charge on any atom is -0.493 e. The Morgan fingerprint density at radius 1 is 1.26 bits per heavy atom. The highest BCUT2D eigenvalue weighted by atomic mass is 16.5. The van der Waals surface area contributed by atoms with Crippen molar-refractivity contribution in [2.24, 2.45) is 5.73 Å². The van der Waals surface area contributed by atoms with Crippen LogP contribution in [0, 0.1) is 24.7 Å². The van der Waals surface area contributed by atoms with E-state index in [1.54, 1.807) is 19.2 Å². The summed E-state index contributed by atoms with van der Waals surface area (Å²) in [5.41, 5.74) is 7.07. The summed E-state index contributed by atoms with van der Waals surface area (Å²) >= 11 is 0. The smallest absolute Gasteiger partial charge is 0.176 e. The fourth-order valence-electron chi connectivity index (χ4n) is 1.73. The van der Waals surface area contributed by atoms with Crippen molar-refractivity contribution >= 4 is 0 Å². The molecule has 100 valence electrons. The minimum absolute atomic E-state index is 0.182. The number of hydrogen-bond acceptors (Lipinski definition) is 4. The Morgan fingerprint density at radius 2 is 2.00 bits per heavy atom. The van der Waals surface area contributed by atoms with Crippen molar-refractivity contribution in [2.45, 2.75) is 6.10 Å². The fourth-order valence-corrected chi connectivity index (χ4v) is 1.73. The van der Waals surface area contributed by atoms with Gasteiger partial charge in [-0.15, -0.1) is 12.8 Å². The van der Waals surface area contributed by atoms with Gasteiger partial charge in [-0.1, -0.05) is 11.8 Å².